The van der Waals surface area contributed by atoms with Crippen LogP contribution < -0.4 is 10.6 Å². The number of urea groups is 1. The molecule has 0 unspecified atom stereocenters. The van der Waals surface area contributed by atoms with Crippen molar-refractivity contribution in [1.29, 1.82) is 0 Å². The maximum Gasteiger partial charge on any atom is 0.315 e. The molecule has 1 saturated carbocycles. The molecule has 1 aliphatic rings. The molecule has 0 aliphatic heterocycles. The van der Waals surface area contributed by atoms with Crippen LogP contribution in [0.15, 0.2) is 24.3 Å². The van der Waals surface area contributed by atoms with Crippen LogP contribution in [0.2, 0.25) is 0 Å². The van der Waals surface area contributed by atoms with Crippen LogP contribution in [0, 0.1) is 5.82 Å². The van der Waals surface area contributed by atoms with Crippen molar-refractivity contribution in [1.82, 2.24) is 10.6 Å². The van der Waals surface area contributed by atoms with Crippen molar-refractivity contribution >= 4 is 6.03 Å². The summed E-state index contributed by atoms with van der Waals surface area (Å²) >= 11 is 0. The van der Waals surface area contributed by atoms with Crippen LogP contribution in [-0.2, 0) is 6.54 Å². The molecule has 2 amide bonds. The summed E-state index contributed by atoms with van der Waals surface area (Å²) < 4.78 is 12.7. The van der Waals surface area contributed by atoms with Crippen LogP contribution in [0.5, 0.6) is 0 Å². The third-order valence-electron chi connectivity index (χ3n) is 3.41. The molecule has 0 saturated heterocycles. The molecule has 1 aromatic rings. The van der Waals surface area contributed by atoms with E-state index in [2.05, 4.69) is 10.6 Å². The van der Waals surface area contributed by atoms with Gasteiger partial charge in [-0.2, -0.15) is 0 Å². The van der Waals surface area contributed by atoms with Gasteiger partial charge in [0.25, 0.3) is 0 Å². The highest BCUT2D eigenvalue weighted by Crippen LogP contribution is 2.18. The lowest BCUT2D eigenvalue weighted by molar-refractivity contribution is 0.0943. The van der Waals surface area contributed by atoms with E-state index in [1.54, 1.807) is 12.1 Å². The molecule has 0 heterocycles. The van der Waals surface area contributed by atoms with Crippen LogP contribution in [0.3, 0.4) is 0 Å². The quantitative estimate of drug-likeness (QED) is 0.783. The summed E-state index contributed by atoms with van der Waals surface area (Å²) in [5, 5.41) is 15.2. The average molecular weight is 266 g/mol. The molecule has 104 valence electrons. The van der Waals surface area contributed by atoms with Gasteiger partial charge in [0.15, 0.2) is 0 Å². The summed E-state index contributed by atoms with van der Waals surface area (Å²) in [6.07, 6.45) is 3.13. The van der Waals surface area contributed by atoms with E-state index in [0.717, 1.165) is 31.2 Å². The van der Waals surface area contributed by atoms with Crippen LogP contribution in [-0.4, -0.2) is 23.3 Å². The fraction of sp³-hybridized carbons (Fsp3) is 0.500. The summed E-state index contributed by atoms with van der Waals surface area (Å²) in [5.74, 6) is -0.293. The van der Waals surface area contributed by atoms with E-state index in [1.165, 1.54) is 12.1 Å². The van der Waals surface area contributed by atoms with E-state index < -0.39 is 6.10 Å². The van der Waals surface area contributed by atoms with Crippen LogP contribution in [0.4, 0.5) is 9.18 Å². The van der Waals surface area contributed by atoms with Crippen molar-refractivity contribution in [3.05, 3.63) is 35.6 Å². The lowest BCUT2D eigenvalue weighted by Gasteiger charge is -2.28. The topological polar surface area (TPSA) is 61.4 Å². The summed E-state index contributed by atoms with van der Waals surface area (Å²) in [6.45, 7) is 0.342. The number of rotatable bonds is 3. The van der Waals surface area contributed by atoms with Gasteiger partial charge in [0.05, 0.1) is 12.1 Å². The molecule has 19 heavy (non-hydrogen) atoms. The number of benzene rings is 1. The van der Waals surface area contributed by atoms with Crippen molar-refractivity contribution in [3.8, 4) is 0 Å². The SMILES string of the molecule is O=C(NCc1ccc(F)cc1)N[C@@H]1CCCC[C@@H]1O. The van der Waals surface area contributed by atoms with Gasteiger partial charge < -0.3 is 15.7 Å². The number of aliphatic hydroxyl groups excluding tert-OH is 1. The van der Waals surface area contributed by atoms with Gasteiger partial charge in [-0.3, -0.25) is 0 Å². The van der Waals surface area contributed by atoms with Gasteiger partial charge in [-0.15, -0.1) is 0 Å². The lowest BCUT2D eigenvalue weighted by Crippen LogP contribution is -2.48. The Balaban J connectivity index is 1.76. The first-order valence-corrected chi connectivity index (χ1v) is 6.62. The number of amides is 2. The molecular formula is C14H19FN2O2. The first-order valence-electron chi connectivity index (χ1n) is 6.62. The van der Waals surface area contributed by atoms with Gasteiger partial charge in [-0.05, 0) is 30.5 Å². The second-order valence-electron chi connectivity index (χ2n) is 4.91. The summed E-state index contributed by atoms with van der Waals surface area (Å²) in [4.78, 5) is 11.7. The molecule has 1 fully saturated rings. The Morgan fingerprint density at radius 1 is 1.26 bits per heavy atom. The Morgan fingerprint density at radius 2 is 1.95 bits per heavy atom. The molecule has 0 spiro atoms. The molecule has 3 N–H and O–H groups in total. The predicted octanol–water partition coefficient (Wildman–Crippen LogP) is 1.93. The standard InChI is InChI=1S/C14H19FN2O2/c15-11-7-5-10(6-8-11)9-16-14(19)17-12-3-1-2-4-13(12)18/h5-8,12-13,18H,1-4,9H2,(H2,16,17,19)/t12-,13+/m1/s1. The molecule has 1 aliphatic carbocycles. The minimum atomic E-state index is -0.453. The molecule has 1 aromatic carbocycles. The normalized spacial score (nSPS) is 22.8. The zero-order valence-electron chi connectivity index (χ0n) is 10.7. The molecule has 2 atom stereocenters. The molecule has 4 nitrogen and oxygen atoms in total. The number of aliphatic hydroxyl groups is 1. The van der Waals surface area contributed by atoms with Gasteiger partial charge in [-0.25, -0.2) is 9.18 Å². The molecule has 0 aromatic heterocycles. The predicted molar refractivity (Wildman–Crippen MR) is 70.0 cm³/mol. The maximum atomic E-state index is 12.7. The number of nitrogens with one attached hydrogen (secondary N) is 2. The second kappa shape index (κ2) is 6.52. The van der Waals surface area contributed by atoms with Gasteiger partial charge in [-0.1, -0.05) is 25.0 Å². The zero-order chi connectivity index (χ0) is 13.7. The van der Waals surface area contributed by atoms with Gasteiger partial charge in [0.1, 0.15) is 5.82 Å². The van der Waals surface area contributed by atoms with Crippen molar-refractivity contribution in [2.75, 3.05) is 0 Å². The van der Waals surface area contributed by atoms with Crippen LogP contribution >= 0.6 is 0 Å². The molecule has 5 heteroatoms. The second-order valence-corrected chi connectivity index (χ2v) is 4.91. The Morgan fingerprint density at radius 3 is 2.63 bits per heavy atom. The summed E-state index contributed by atoms with van der Waals surface area (Å²) in [5.41, 5.74) is 0.834. The molecule has 2 rings (SSSR count). The fourth-order valence-electron chi connectivity index (χ4n) is 2.28. The lowest BCUT2D eigenvalue weighted by atomic mass is 9.93. The zero-order valence-corrected chi connectivity index (χ0v) is 10.7. The van der Waals surface area contributed by atoms with E-state index in [9.17, 15) is 14.3 Å². The highest BCUT2D eigenvalue weighted by Gasteiger charge is 2.24. The fourth-order valence-corrected chi connectivity index (χ4v) is 2.28. The van der Waals surface area contributed by atoms with Crippen molar-refractivity contribution in [3.63, 3.8) is 0 Å². The minimum absolute atomic E-state index is 0.165. The van der Waals surface area contributed by atoms with E-state index in [1.807, 2.05) is 0 Å². The first-order chi connectivity index (χ1) is 9.15. The number of halogens is 1. The smallest absolute Gasteiger partial charge is 0.315 e. The number of carbonyl (C=O) groups is 1. The highest BCUT2D eigenvalue weighted by atomic mass is 19.1. The van der Waals surface area contributed by atoms with Crippen LogP contribution in [0.1, 0.15) is 31.2 Å². The number of carbonyl (C=O) groups excluding carboxylic acids is 1. The monoisotopic (exact) mass is 266 g/mol. The Kier molecular flexibility index (Phi) is 4.74. The summed E-state index contributed by atoms with van der Waals surface area (Å²) in [7, 11) is 0. The van der Waals surface area contributed by atoms with E-state index in [-0.39, 0.29) is 17.9 Å². The average Bonchev–Trinajstić information content (AvgIpc) is 2.41. The van der Waals surface area contributed by atoms with Gasteiger partial charge >= 0.3 is 6.03 Å². The Bertz CT molecular complexity index is 422. The minimum Gasteiger partial charge on any atom is -0.391 e. The van der Waals surface area contributed by atoms with Gasteiger partial charge in [0.2, 0.25) is 0 Å². The summed E-state index contributed by atoms with van der Waals surface area (Å²) in [6, 6.07) is 5.52. The van der Waals surface area contributed by atoms with Crippen molar-refractivity contribution in [2.45, 2.75) is 44.4 Å². The van der Waals surface area contributed by atoms with Crippen molar-refractivity contribution < 1.29 is 14.3 Å². The third-order valence-corrected chi connectivity index (χ3v) is 3.41. The number of hydrogen-bond donors (Lipinski definition) is 3. The largest absolute Gasteiger partial charge is 0.391 e. The highest BCUT2D eigenvalue weighted by molar-refractivity contribution is 5.74. The van der Waals surface area contributed by atoms with E-state index in [4.69, 9.17) is 0 Å². The maximum absolute atomic E-state index is 12.7. The van der Waals surface area contributed by atoms with E-state index >= 15 is 0 Å². The molecule has 0 bridgehead atoms. The van der Waals surface area contributed by atoms with E-state index in [0.29, 0.717) is 6.54 Å². The van der Waals surface area contributed by atoms with Crippen LogP contribution in [0.25, 0.3) is 0 Å². The van der Waals surface area contributed by atoms with Gasteiger partial charge in [0, 0.05) is 6.54 Å². The Hall–Kier alpha value is -1.62. The van der Waals surface area contributed by atoms with Crippen molar-refractivity contribution in [2.24, 2.45) is 0 Å². The molecule has 0 radical (unpaired) electrons. The first kappa shape index (κ1) is 13.8. The Labute approximate surface area is 112 Å². The third kappa shape index (κ3) is 4.21. The number of hydrogen-bond acceptors (Lipinski definition) is 2. The molecular weight excluding hydrogens is 247 g/mol.